The number of hydrogen-bond acceptors (Lipinski definition) is 4. The first-order valence-corrected chi connectivity index (χ1v) is 7.21. The smallest absolute Gasteiger partial charge is 0.389 e. The molecule has 0 atom stereocenters. The van der Waals surface area contributed by atoms with Crippen LogP contribution in [0.2, 0.25) is 0 Å². The zero-order valence-corrected chi connectivity index (χ0v) is 13.7. The van der Waals surface area contributed by atoms with Gasteiger partial charge in [0.25, 0.3) is 5.56 Å². The molecule has 0 spiro atoms. The molecule has 2 rings (SSSR count). The van der Waals surface area contributed by atoms with Gasteiger partial charge in [-0.1, -0.05) is 15.9 Å². The lowest BCUT2D eigenvalue weighted by molar-refractivity contribution is -0.173. The summed E-state index contributed by atoms with van der Waals surface area (Å²) in [5, 5.41) is 0. The van der Waals surface area contributed by atoms with Gasteiger partial charge < -0.3 is 9.30 Å². The molecule has 0 N–H and O–H groups in total. The number of fused-ring (bicyclic) bond motifs is 1. The minimum Gasteiger partial charge on any atom is -0.461 e. The van der Waals surface area contributed by atoms with Crippen LogP contribution in [-0.4, -0.2) is 22.1 Å². The molecule has 0 saturated carbocycles. The third-order valence-corrected chi connectivity index (χ3v) is 4.04. The van der Waals surface area contributed by atoms with Crippen molar-refractivity contribution in [1.82, 2.24) is 9.55 Å². The SMILES string of the molecule is CCOC(=O)C(F)(F)c1nc2cc(C)c(Br)cc2n(C)c1=O. The van der Waals surface area contributed by atoms with E-state index in [9.17, 15) is 18.4 Å². The molecule has 0 fully saturated rings. The highest BCUT2D eigenvalue weighted by Crippen LogP contribution is 2.28. The summed E-state index contributed by atoms with van der Waals surface area (Å²) in [6.45, 7) is 2.95. The van der Waals surface area contributed by atoms with Crippen LogP contribution in [0.4, 0.5) is 8.78 Å². The van der Waals surface area contributed by atoms with Gasteiger partial charge in [0.2, 0.25) is 0 Å². The van der Waals surface area contributed by atoms with Crippen molar-refractivity contribution in [3.63, 3.8) is 0 Å². The number of rotatable bonds is 3. The molecule has 0 aliphatic rings. The van der Waals surface area contributed by atoms with Gasteiger partial charge >= 0.3 is 11.9 Å². The first kappa shape index (κ1) is 16.5. The zero-order chi connectivity index (χ0) is 16.7. The van der Waals surface area contributed by atoms with E-state index in [-0.39, 0.29) is 12.1 Å². The first-order valence-electron chi connectivity index (χ1n) is 6.42. The van der Waals surface area contributed by atoms with Gasteiger partial charge in [-0.2, -0.15) is 8.78 Å². The second kappa shape index (κ2) is 5.75. The lowest BCUT2D eigenvalue weighted by Gasteiger charge is -2.16. The van der Waals surface area contributed by atoms with E-state index in [1.807, 2.05) is 0 Å². The predicted octanol–water partition coefficient (Wildman–Crippen LogP) is 2.66. The molecule has 0 unspecified atom stereocenters. The van der Waals surface area contributed by atoms with E-state index in [4.69, 9.17) is 0 Å². The van der Waals surface area contributed by atoms with Crippen LogP contribution in [0, 0.1) is 6.92 Å². The summed E-state index contributed by atoms with van der Waals surface area (Å²) < 4.78 is 34.3. The van der Waals surface area contributed by atoms with Gasteiger partial charge in [-0.25, -0.2) is 9.78 Å². The molecule has 0 saturated heterocycles. The molecule has 2 aromatic rings. The van der Waals surface area contributed by atoms with Gasteiger partial charge in [-0.05, 0) is 31.5 Å². The number of alkyl halides is 2. The summed E-state index contributed by atoms with van der Waals surface area (Å²) in [5.74, 6) is -5.88. The summed E-state index contributed by atoms with van der Waals surface area (Å²) in [6.07, 6.45) is 0. The van der Waals surface area contributed by atoms with Crippen LogP contribution in [-0.2, 0) is 22.5 Å². The number of carbonyl (C=O) groups is 1. The summed E-state index contributed by atoms with van der Waals surface area (Å²) in [7, 11) is 1.35. The van der Waals surface area contributed by atoms with E-state index < -0.39 is 23.1 Å². The fourth-order valence-corrected chi connectivity index (χ4v) is 2.30. The molecule has 22 heavy (non-hydrogen) atoms. The zero-order valence-electron chi connectivity index (χ0n) is 12.1. The van der Waals surface area contributed by atoms with E-state index >= 15 is 0 Å². The first-order chi connectivity index (χ1) is 10.2. The van der Waals surface area contributed by atoms with Crippen LogP contribution in [0.3, 0.4) is 0 Å². The maximum atomic E-state index is 14.1. The van der Waals surface area contributed by atoms with E-state index in [1.165, 1.54) is 14.0 Å². The highest BCUT2D eigenvalue weighted by atomic mass is 79.9. The number of ether oxygens (including phenoxy) is 1. The molecule has 1 aromatic heterocycles. The number of aryl methyl sites for hydroxylation is 2. The van der Waals surface area contributed by atoms with Gasteiger partial charge in [0.1, 0.15) is 0 Å². The average Bonchev–Trinajstić information content (AvgIpc) is 2.45. The van der Waals surface area contributed by atoms with Crippen LogP contribution < -0.4 is 5.56 Å². The maximum Gasteiger partial charge on any atom is 0.389 e. The Balaban J connectivity index is 2.76. The van der Waals surface area contributed by atoms with Gasteiger partial charge in [0, 0.05) is 11.5 Å². The van der Waals surface area contributed by atoms with Gasteiger partial charge in [-0.3, -0.25) is 4.79 Å². The summed E-state index contributed by atoms with van der Waals surface area (Å²) in [6, 6.07) is 3.18. The number of benzene rings is 1. The van der Waals surface area contributed by atoms with Gasteiger partial charge in [0.15, 0.2) is 5.69 Å². The minimum absolute atomic E-state index is 0.196. The van der Waals surface area contributed by atoms with Crippen LogP contribution in [0.1, 0.15) is 18.2 Å². The topological polar surface area (TPSA) is 61.2 Å². The number of aromatic nitrogens is 2. The Morgan fingerprint density at radius 2 is 2.09 bits per heavy atom. The lowest BCUT2D eigenvalue weighted by atomic mass is 10.2. The van der Waals surface area contributed by atoms with Crippen molar-refractivity contribution in [2.75, 3.05) is 6.61 Å². The molecule has 8 heteroatoms. The largest absolute Gasteiger partial charge is 0.461 e. The molecular weight excluding hydrogens is 362 g/mol. The van der Waals surface area contributed by atoms with Crippen molar-refractivity contribution >= 4 is 32.9 Å². The fourth-order valence-electron chi connectivity index (χ4n) is 1.97. The molecule has 1 heterocycles. The second-order valence-electron chi connectivity index (χ2n) is 4.71. The normalized spacial score (nSPS) is 11.7. The third-order valence-electron chi connectivity index (χ3n) is 3.19. The van der Waals surface area contributed by atoms with Crippen LogP contribution >= 0.6 is 15.9 Å². The molecule has 0 aliphatic heterocycles. The number of carbonyl (C=O) groups excluding carboxylic acids is 1. The van der Waals surface area contributed by atoms with Crippen molar-refractivity contribution in [3.8, 4) is 0 Å². The lowest BCUT2D eigenvalue weighted by Crippen LogP contribution is -2.37. The van der Waals surface area contributed by atoms with Crippen molar-refractivity contribution in [1.29, 1.82) is 0 Å². The summed E-state index contributed by atoms with van der Waals surface area (Å²) in [4.78, 5) is 27.3. The Morgan fingerprint density at radius 1 is 1.45 bits per heavy atom. The van der Waals surface area contributed by atoms with Gasteiger partial charge in [-0.15, -0.1) is 0 Å². The molecule has 0 amide bonds. The molecular formula is C14H13BrF2N2O3. The molecule has 118 valence electrons. The summed E-state index contributed by atoms with van der Waals surface area (Å²) in [5.41, 5.74) is -0.833. The Kier molecular flexibility index (Phi) is 4.32. The number of hydrogen-bond donors (Lipinski definition) is 0. The molecule has 1 aromatic carbocycles. The highest BCUT2D eigenvalue weighted by Gasteiger charge is 2.47. The Hall–Kier alpha value is -1.83. The fraction of sp³-hybridized carbons (Fsp3) is 0.357. The van der Waals surface area contributed by atoms with E-state index in [1.54, 1.807) is 19.1 Å². The highest BCUT2D eigenvalue weighted by molar-refractivity contribution is 9.10. The van der Waals surface area contributed by atoms with Crippen molar-refractivity contribution in [2.45, 2.75) is 19.8 Å². The van der Waals surface area contributed by atoms with E-state index in [0.29, 0.717) is 5.52 Å². The Bertz CT molecular complexity index is 818. The standard InChI is InChI=1S/C14H13BrF2N2O3/c1-4-22-13(21)14(16,17)11-12(20)19(3)10-6-8(15)7(2)5-9(10)18-11/h5-6H,4H2,1-3H3. The number of nitrogens with zero attached hydrogens (tertiary/aromatic N) is 2. The minimum atomic E-state index is -4.10. The Morgan fingerprint density at radius 3 is 2.68 bits per heavy atom. The molecule has 0 aliphatic carbocycles. The predicted molar refractivity (Wildman–Crippen MR) is 79.9 cm³/mol. The second-order valence-corrected chi connectivity index (χ2v) is 5.56. The molecule has 5 nitrogen and oxygen atoms in total. The maximum absolute atomic E-state index is 14.1. The van der Waals surface area contributed by atoms with Gasteiger partial charge in [0.05, 0.1) is 17.6 Å². The summed E-state index contributed by atoms with van der Waals surface area (Å²) >= 11 is 3.31. The van der Waals surface area contributed by atoms with Crippen molar-refractivity contribution in [3.05, 3.63) is 38.2 Å². The monoisotopic (exact) mass is 374 g/mol. The van der Waals surface area contributed by atoms with Crippen LogP contribution in [0.25, 0.3) is 11.0 Å². The van der Waals surface area contributed by atoms with E-state index in [0.717, 1.165) is 14.6 Å². The van der Waals surface area contributed by atoms with Crippen LogP contribution in [0.5, 0.6) is 0 Å². The average molecular weight is 375 g/mol. The number of esters is 1. The Labute approximate surface area is 133 Å². The number of halogens is 3. The third kappa shape index (κ3) is 2.63. The molecule has 0 bridgehead atoms. The molecule has 0 radical (unpaired) electrons. The van der Waals surface area contributed by atoms with Crippen molar-refractivity contribution in [2.24, 2.45) is 7.05 Å². The van der Waals surface area contributed by atoms with E-state index in [2.05, 4.69) is 25.7 Å². The van der Waals surface area contributed by atoms with Crippen molar-refractivity contribution < 1.29 is 18.3 Å². The van der Waals surface area contributed by atoms with Crippen LogP contribution in [0.15, 0.2) is 21.4 Å². The quantitative estimate of drug-likeness (QED) is 0.774.